The molecule has 1 atom stereocenters. The number of hydrogen-bond acceptors (Lipinski definition) is 8. The van der Waals surface area contributed by atoms with Crippen molar-refractivity contribution < 1.29 is 19.7 Å². The van der Waals surface area contributed by atoms with Crippen molar-refractivity contribution in [1.29, 1.82) is 0 Å². The Morgan fingerprint density at radius 1 is 1.38 bits per heavy atom. The summed E-state index contributed by atoms with van der Waals surface area (Å²) in [6.45, 7) is 2.79. The Kier molecular flexibility index (Phi) is 5.60. The molecule has 0 spiro atoms. The summed E-state index contributed by atoms with van der Waals surface area (Å²) >= 11 is 1.35. The Morgan fingerprint density at radius 3 is 2.85 bits per heavy atom. The molecule has 0 aliphatic rings. The summed E-state index contributed by atoms with van der Waals surface area (Å²) in [5, 5.41) is 24.2. The number of aliphatic hydroxyl groups is 1. The Bertz CT molecular complexity index is 879. The molecule has 140 valence electrons. The number of para-hydroxylation sites is 1. The van der Waals surface area contributed by atoms with Crippen LogP contribution in [0, 0.1) is 0 Å². The van der Waals surface area contributed by atoms with Gasteiger partial charge in [0.2, 0.25) is 10.8 Å². The molecule has 2 heterocycles. The summed E-state index contributed by atoms with van der Waals surface area (Å²) in [7, 11) is 3.47. The fraction of sp³-hybridized carbons (Fsp3) is 0.412. The van der Waals surface area contributed by atoms with Gasteiger partial charge >= 0.3 is 0 Å². The van der Waals surface area contributed by atoms with Gasteiger partial charge in [0.25, 0.3) is 0 Å². The van der Waals surface area contributed by atoms with Crippen molar-refractivity contribution in [3.05, 3.63) is 35.0 Å². The van der Waals surface area contributed by atoms with Gasteiger partial charge in [0.05, 0.1) is 31.2 Å². The lowest BCUT2D eigenvalue weighted by Crippen LogP contribution is -2.28. The lowest BCUT2D eigenvalue weighted by atomic mass is 10.0. The fourth-order valence-corrected chi connectivity index (χ4v) is 4.06. The van der Waals surface area contributed by atoms with Gasteiger partial charge in [-0.15, -0.1) is 0 Å². The number of likely N-dealkylation sites (N-methyl/N-ethyl adjacent to an activating group) is 1. The smallest absolute Gasteiger partial charge is 0.230 e. The van der Waals surface area contributed by atoms with Crippen molar-refractivity contribution in [2.24, 2.45) is 0 Å². The monoisotopic (exact) mass is 378 g/mol. The van der Waals surface area contributed by atoms with E-state index < -0.39 is 0 Å². The zero-order valence-corrected chi connectivity index (χ0v) is 15.7. The molecule has 3 rings (SSSR count). The van der Waals surface area contributed by atoms with Crippen LogP contribution in [0.5, 0.6) is 17.4 Å². The quantitative estimate of drug-likeness (QED) is 0.619. The molecule has 0 aliphatic carbocycles. The molecule has 0 fully saturated rings. The summed E-state index contributed by atoms with van der Waals surface area (Å²) in [4.78, 5) is 7.38. The van der Waals surface area contributed by atoms with Crippen LogP contribution >= 0.6 is 11.3 Å². The molecule has 0 amide bonds. The van der Waals surface area contributed by atoms with Crippen LogP contribution in [0.4, 0.5) is 0 Å². The lowest BCUT2D eigenvalue weighted by molar-refractivity contribution is 0.193. The second-order valence-electron chi connectivity index (χ2n) is 5.66. The van der Waals surface area contributed by atoms with E-state index in [9.17, 15) is 10.2 Å². The number of aromatic nitrogens is 3. The summed E-state index contributed by atoms with van der Waals surface area (Å²) in [6, 6.07) is 5.29. The van der Waals surface area contributed by atoms with Crippen molar-refractivity contribution in [3.8, 4) is 17.4 Å². The van der Waals surface area contributed by atoms with Gasteiger partial charge in [-0.3, -0.25) is 4.90 Å². The van der Waals surface area contributed by atoms with Crippen LogP contribution < -0.4 is 9.47 Å². The number of methoxy groups -OCH3 is 1. The van der Waals surface area contributed by atoms with Crippen LogP contribution in [0.2, 0.25) is 0 Å². The average Bonchev–Trinajstić information content (AvgIpc) is 3.21. The Labute approximate surface area is 155 Å². The maximum absolute atomic E-state index is 10.7. The van der Waals surface area contributed by atoms with Crippen LogP contribution in [0.1, 0.15) is 23.4 Å². The molecule has 0 radical (unpaired) electrons. The molecular weight excluding hydrogens is 356 g/mol. The Hall–Kier alpha value is -2.36. The molecule has 8 nitrogen and oxygen atoms in total. The van der Waals surface area contributed by atoms with Crippen molar-refractivity contribution in [3.63, 3.8) is 0 Å². The fourth-order valence-electron chi connectivity index (χ4n) is 2.95. The Morgan fingerprint density at radius 2 is 2.19 bits per heavy atom. The summed E-state index contributed by atoms with van der Waals surface area (Å²) in [6.07, 6.45) is 1.40. The normalized spacial score (nSPS) is 12.7. The highest BCUT2D eigenvalue weighted by Gasteiger charge is 2.30. The maximum Gasteiger partial charge on any atom is 0.230 e. The third-order valence-electron chi connectivity index (χ3n) is 4.09. The van der Waals surface area contributed by atoms with E-state index in [1.165, 1.54) is 22.2 Å². The number of thiazole rings is 1. The SMILES string of the molecule is CCOc1c(OC)cccc1C(c1sc2ncnn2c1O)N(C)CCO. The lowest BCUT2D eigenvalue weighted by Gasteiger charge is -2.29. The molecule has 3 aromatic rings. The number of aliphatic hydroxyl groups excluding tert-OH is 1. The minimum atomic E-state index is -0.354. The van der Waals surface area contributed by atoms with Crippen LogP contribution in [0.15, 0.2) is 24.5 Å². The molecule has 26 heavy (non-hydrogen) atoms. The van der Waals surface area contributed by atoms with Gasteiger partial charge in [0.1, 0.15) is 6.33 Å². The number of benzene rings is 1. The zero-order chi connectivity index (χ0) is 18.7. The molecule has 0 saturated heterocycles. The first kappa shape index (κ1) is 18.4. The number of ether oxygens (including phenoxy) is 2. The minimum Gasteiger partial charge on any atom is -0.493 e. The number of rotatable bonds is 8. The second-order valence-corrected chi connectivity index (χ2v) is 6.67. The molecule has 0 saturated carbocycles. The summed E-state index contributed by atoms with van der Waals surface area (Å²) < 4.78 is 12.7. The third kappa shape index (κ3) is 3.20. The van der Waals surface area contributed by atoms with E-state index in [4.69, 9.17) is 9.47 Å². The van der Waals surface area contributed by atoms with E-state index in [0.29, 0.717) is 34.5 Å². The van der Waals surface area contributed by atoms with Gasteiger partial charge in [0.15, 0.2) is 11.5 Å². The van der Waals surface area contributed by atoms with Crippen molar-refractivity contribution in [2.75, 3.05) is 33.9 Å². The van der Waals surface area contributed by atoms with Crippen molar-refractivity contribution in [1.82, 2.24) is 19.5 Å². The zero-order valence-electron chi connectivity index (χ0n) is 14.9. The number of fused-ring (bicyclic) bond motifs is 1. The van der Waals surface area contributed by atoms with E-state index in [0.717, 1.165) is 5.56 Å². The van der Waals surface area contributed by atoms with Gasteiger partial charge in [-0.1, -0.05) is 23.5 Å². The van der Waals surface area contributed by atoms with Gasteiger partial charge < -0.3 is 19.7 Å². The molecule has 2 N–H and O–H groups in total. The van der Waals surface area contributed by atoms with E-state index >= 15 is 0 Å². The van der Waals surface area contributed by atoms with Crippen LogP contribution in [0.3, 0.4) is 0 Å². The topological polar surface area (TPSA) is 92.4 Å². The van der Waals surface area contributed by atoms with E-state index in [1.54, 1.807) is 7.11 Å². The first-order chi connectivity index (χ1) is 12.6. The largest absolute Gasteiger partial charge is 0.493 e. The van der Waals surface area contributed by atoms with Crippen molar-refractivity contribution in [2.45, 2.75) is 13.0 Å². The van der Waals surface area contributed by atoms with E-state index in [-0.39, 0.29) is 18.5 Å². The van der Waals surface area contributed by atoms with Crippen LogP contribution in [-0.4, -0.2) is 63.6 Å². The van der Waals surface area contributed by atoms with Crippen LogP contribution in [0.25, 0.3) is 4.96 Å². The predicted octanol–water partition coefficient (Wildman–Crippen LogP) is 1.92. The highest BCUT2D eigenvalue weighted by molar-refractivity contribution is 7.17. The first-order valence-corrected chi connectivity index (χ1v) is 9.06. The van der Waals surface area contributed by atoms with Gasteiger partial charge in [-0.25, -0.2) is 4.98 Å². The number of hydrogen-bond donors (Lipinski definition) is 2. The molecule has 0 aliphatic heterocycles. The van der Waals surface area contributed by atoms with Gasteiger partial charge in [-0.2, -0.15) is 9.61 Å². The van der Waals surface area contributed by atoms with E-state index in [1.807, 2.05) is 37.1 Å². The second kappa shape index (κ2) is 7.90. The third-order valence-corrected chi connectivity index (χ3v) is 5.18. The van der Waals surface area contributed by atoms with Gasteiger partial charge in [-0.05, 0) is 20.0 Å². The highest BCUT2D eigenvalue weighted by atomic mass is 32.1. The maximum atomic E-state index is 10.7. The minimum absolute atomic E-state index is 0.0114. The first-order valence-electron chi connectivity index (χ1n) is 8.24. The molecule has 1 unspecified atom stereocenters. The average molecular weight is 378 g/mol. The molecule has 0 bridgehead atoms. The van der Waals surface area contributed by atoms with Crippen LogP contribution in [-0.2, 0) is 0 Å². The number of aromatic hydroxyl groups is 1. The van der Waals surface area contributed by atoms with E-state index in [2.05, 4.69) is 10.1 Å². The van der Waals surface area contributed by atoms with Crippen molar-refractivity contribution >= 4 is 16.3 Å². The molecular formula is C17H22N4O4S. The summed E-state index contributed by atoms with van der Waals surface area (Å²) in [5.74, 6) is 1.26. The molecule has 1 aromatic carbocycles. The van der Waals surface area contributed by atoms with Gasteiger partial charge in [0, 0.05) is 12.1 Å². The Balaban J connectivity index is 2.19. The summed E-state index contributed by atoms with van der Waals surface area (Å²) in [5.41, 5.74) is 0.835. The highest BCUT2D eigenvalue weighted by Crippen LogP contribution is 2.44. The molecule has 9 heteroatoms. The molecule has 2 aromatic heterocycles. The number of nitrogens with zero attached hydrogens (tertiary/aromatic N) is 4. The standard InChI is InChI=1S/C17H22N4O4S/c1-4-25-14-11(6-5-7-12(14)24-3)13(20(2)8-9-22)15-16(23)21-17(26-15)18-10-19-21/h5-7,10,13,22-23H,4,8-9H2,1-3H3. The predicted molar refractivity (Wildman–Crippen MR) is 98.3 cm³/mol.